The van der Waals surface area contributed by atoms with Gasteiger partial charge in [-0.3, -0.25) is 4.79 Å². The van der Waals surface area contributed by atoms with Crippen LogP contribution in [0.1, 0.15) is 29.3 Å². The third-order valence-electron chi connectivity index (χ3n) is 1.65. The molecule has 13 heavy (non-hydrogen) atoms. The van der Waals surface area contributed by atoms with Crippen molar-refractivity contribution in [1.82, 2.24) is 0 Å². The highest BCUT2D eigenvalue weighted by atomic mass is 19.3. The van der Waals surface area contributed by atoms with Crippen molar-refractivity contribution in [3.63, 3.8) is 0 Å². The standard InChI is InChI=1S/C9H8F2O2/c1-5(12)7-3-2-6(9(10)11)4-8(7)13/h2-4,9,13H,1H3. The minimum Gasteiger partial charge on any atom is -0.507 e. The summed E-state index contributed by atoms with van der Waals surface area (Å²) in [6, 6.07) is 3.22. The third kappa shape index (κ3) is 2.02. The minimum atomic E-state index is -2.63. The Morgan fingerprint density at radius 3 is 2.46 bits per heavy atom. The van der Waals surface area contributed by atoms with Crippen molar-refractivity contribution in [1.29, 1.82) is 0 Å². The number of benzene rings is 1. The number of alkyl halides is 2. The maximum absolute atomic E-state index is 12.1. The van der Waals surface area contributed by atoms with Gasteiger partial charge < -0.3 is 5.11 Å². The van der Waals surface area contributed by atoms with Gasteiger partial charge in [-0.2, -0.15) is 0 Å². The second kappa shape index (κ2) is 3.51. The molecule has 1 aromatic rings. The van der Waals surface area contributed by atoms with E-state index in [4.69, 9.17) is 5.11 Å². The molecule has 4 heteroatoms. The number of hydrogen-bond acceptors (Lipinski definition) is 2. The molecule has 0 saturated carbocycles. The van der Waals surface area contributed by atoms with E-state index in [1.807, 2.05) is 0 Å². The highest BCUT2D eigenvalue weighted by Gasteiger charge is 2.11. The number of aromatic hydroxyl groups is 1. The monoisotopic (exact) mass is 186 g/mol. The molecule has 0 atom stereocenters. The fourth-order valence-corrected chi connectivity index (χ4v) is 0.982. The number of phenols is 1. The summed E-state index contributed by atoms with van der Waals surface area (Å²) in [6.45, 7) is 1.26. The molecule has 0 bridgehead atoms. The second-order valence-corrected chi connectivity index (χ2v) is 2.63. The summed E-state index contributed by atoms with van der Waals surface area (Å²) >= 11 is 0. The topological polar surface area (TPSA) is 37.3 Å². The van der Waals surface area contributed by atoms with Gasteiger partial charge in [-0.1, -0.05) is 6.07 Å². The quantitative estimate of drug-likeness (QED) is 0.720. The van der Waals surface area contributed by atoms with E-state index in [9.17, 15) is 13.6 Å². The number of Topliss-reactive ketones (excluding diaryl/α,β-unsaturated/α-hetero) is 1. The van der Waals surface area contributed by atoms with Crippen LogP contribution >= 0.6 is 0 Å². The van der Waals surface area contributed by atoms with Crippen molar-refractivity contribution >= 4 is 5.78 Å². The SMILES string of the molecule is CC(=O)c1ccc(C(F)F)cc1O. The molecule has 2 nitrogen and oxygen atoms in total. The van der Waals surface area contributed by atoms with Crippen molar-refractivity contribution in [2.45, 2.75) is 13.3 Å². The molecule has 0 aliphatic carbocycles. The Hall–Kier alpha value is -1.45. The summed E-state index contributed by atoms with van der Waals surface area (Å²) in [5.74, 6) is -0.747. The number of phenolic OH excluding ortho intramolecular Hbond substituents is 1. The molecule has 0 saturated heterocycles. The Balaban J connectivity index is 3.13. The lowest BCUT2D eigenvalue weighted by molar-refractivity contribution is 0.101. The zero-order valence-corrected chi connectivity index (χ0v) is 6.92. The molecule has 0 amide bonds. The number of ketones is 1. The molecular formula is C9H8F2O2. The Morgan fingerprint density at radius 2 is 2.08 bits per heavy atom. The summed E-state index contributed by atoms with van der Waals surface area (Å²) in [6.07, 6.45) is -2.63. The molecule has 0 radical (unpaired) electrons. The van der Waals surface area contributed by atoms with Gasteiger partial charge in [0.05, 0.1) is 5.56 Å². The summed E-state index contributed by atoms with van der Waals surface area (Å²) in [5.41, 5.74) is -0.230. The van der Waals surface area contributed by atoms with Crippen LogP contribution < -0.4 is 0 Å². The van der Waals surface area contributed by atoms with Crippen molar-refractivity contribution < 1.29 is 18.7 Å². The molecule has 1 N–H and O–H groups in total. The lowest BCUT2D eigenvalue weighted by atomic mass is 10.1. The molecule has 0 fully saturated rings. The maximum Gasteiger partial charge on any atom is 0.263 e. The lowest BCUT2D eigenvalue weighted by Gasteiger charge is -2.03. The highest BCUT2D eigenvalue weighted by molar-refractivity contribution is 5.96. The van der Waals surface area contributed by atoms with E-state index < -0.39 is 12.2 Å². The molecule has 1 aromatic carbocycles. The zero-order chi connectivity index (χ0) is 10.0. The van der Waals surface area contributed by atoms with E-state index >= 15 is 0 Å². The van der Waals surface area contributed by atoms with E-state index in [0.717, 1.165) is 12.1 Å². The minimum absolute atomic E-state index is 0.0596. The van der Waals surface area contributed by atoms with Gasteiger partial charge in [-0.15, -0.1) is 0 Å². The van der Waals surface area contributed by atoms with Crippen LogP contribution in [0.4, 0.5) is 8.78 Å². The van der Waals surface area contributed by atoms with Crippen molar-refractivity contribution in [3.05, 3.63) is 29.3 Å². The van der Waals surface area contributed by atoms with Crippen LogP contribution in [-0.4, -0.2) is 10.9 Å². The molecule has 0 unspecified atom stereocenters. The molecular weight excluding hydrogens is 178 g/mol. The van der Waals surface area contributed by atoms with Crippen LogP contribution in [0, 0.1) is 0 Å². The Labute approximate surface area is 73.8 Å². The number of carbonyl (C=O) groups is 1. The van der Waals surface area contributed by atoms with Crippen LogP contribution in [0.15, 0.2) is 18.2 Å². The van der Waals surface area contributed by atoms with Crippen LogP contribution in [0.25, 0.3) is 0 Å². The van der Waals surface area contributed by atoms with Gasteiger partial charge in [0.1, 0.15) is 5.75 Å². The number of hydrogen-bond donors (Lipinski definition) is 1. The molecule has 0 heterocycles. The van der Waals surface area contributed by atoms with Crippen LogP contribution in [0.2, 0.25) is 0 Å². The number of carbonyl (C=O) groups excluding carboxylic acids is 1. The van der Waals surface area contributed by atoms with Crippen molar-refractivity contribution in [3.8, 4) is 5.75 Å². The van der Waals surface area contributed by atoms with Crippen LogP contribution in [0.3, 0.4) is 0 Å². The van der Waals surface area contributed by atoms with Crippen LogP contribution in [-0.2, 0) is 0 Å². The smallest absolute Gasteiger partial charge is 0.263 e. The molecule has 0 aliphatic heterocycles. The summed E-state index contributed by atoms with van der Waals surface area (Å²) in [7, 11) is 0. The van der Waals surface area contributed by atoms with Gasteiger partial charge in [0.2, 0.25) is 0 Å². The first-order chi connectivity index (χ1) is 6.02. The predicted octanol–water partition coefficient (Wildman–Crippen LogP) is 2.53. The summed E-state index contributed by atoms with van der Waals surface area (Å²) in [4.78, 5) is 10.8. The van der Waals surface area contributed by atoms with Crippen molar-refractivity contribution in [2.75, 3.05) is 0 Å². The summed E-state index contributed by atoms with van der Waals surface area (Å²) < 4.78 is 24.2. The first kappa shape index (κ1) is 9.64. The highest BCUT2D eigenvalue weighted by Crippen LogP contribution is 2.25. The first-order valence-electron chi connectivity index (χ1n) is 3.64. The fraction of sp³-hybridized carbons (Fsp3) is 0.222. The normalized spacial score (nSPS) is 10.5. The Morgan fingerprint density at radius 1 is 1.46 bits per heavy atom. The van der Waals surface area contributed by atoms with E-state index in [1.165, 1.54) is 13.0 Å². The van der Waals surface area contributed by atoms with Gasteiger partial charge in [0.25, 0.3) is 6.43 Å². The molecule has 1 rings (SSSR count). The van der Waals surface area contributed by atoms with E-state index in [1.54, 1.807) is 0 Å². The van der Waals surface area contributed by atoms with Gasteiger partial charge in [0.15, 0.2) is 5.78 Å². The van der Waals surface area contributed by atoms with E-state index in [2.05, 4.69) is 0 Å². The molecule has 0 aromatic heterocycles. The zero-order valence-electron chi connectivity index (χ0n) is 6.92. The second-order valence-electron chi connectivity index (χ2n) is 2.63. The lowest BCUT2D eigenvalue weighted by Crippen LogP contribution is -1.94. The molecule has 70 valence electrons. The van der Waals surface area contributed by atoms with E-state index in [0.29, 0.717) is 0 Å². The van der Waals surface area contributed by atoms with Gasteiger partial charge in [-0.05, 0) is 19.1 Å². The van der Waals surface area contributed by atoms with Gasteiger partial charge >= 0.3 is 0 Å². The Bertz CT molecular complexity index is 334. The summed E-state index contributed by atoms with van der Waals surface area (Å²) in [5, 5.41) is 9.16. The first-order valence-corrected chi connectivity index (χ1v) is 3.64. The Kier molecular flexibility index (Phi) is 2.60. The maximum atomic E-state index is 12.1. The average Bonchev–Trinajstić information content (AvgIpc) is 2.03. The van der Waals surface area contributed by atoms with Crippen molar-refractivity contribution in [2.24, 2.45) is 0 Å². The molecule has 0 spiro atoms. The predicted molar refractivity (Wildman–Crippen MR) is 43.1 cm³/mol. The number of halogens is 2. The van der Waals surface area contributed by atoms with Crippen LogP contribution in [0.5, 0.6) is 5.75 Å². The van der Waals surface area contributed by atoms with E-state index in [-0.39, 0.29) is 16.9 Å². The van der Waals surface area contributed by atoms with Gasteiger partial charge in [0, 0.05) is 5.56 Å². The third-order valence-corrected chi connectivity index (χ3v) is 1.65. The average molecular weight is 186 g/mol. The number of rotatable bonds is 2. The largest absolute Gasteiger partial charge is 0.507 e. The fourth-order valence-electron chi connectivity index (χ4n) is 0.982. The molecule has 0 aliphatic rings. The van der Waals surface area contributed by atoms with Gasteiger partial charge in [-0.25, -0.2) is 8.78 Å².